The van der Waals surface area contributed by atoms with Crippen molar-refractivity contribution in [3.63, 3.8) is 0 Å². The summed E-state index contributed by atoms with van der Waals surface area (Å²) in [5.74, 6) is 2.78. The van der Waals surface area contributed by atoms with E-state index in [2.05, 4.69) is 13.8 Å². The van der Waals surface area contributed by atoms with E-state index in [1.54, 1.807) is 14.2 Å². The van der Waals surface area contributed by atoms with Gasteiger partial charge in [0.15, 0.2) is 11.5 Å². The van der Waals surface area contributed by atoms with E-state index in [9.17, 15) is 0 Å². The Hall–Kier alpha value is -1.64. The zero-order valence-corrected chi connectivity index (χ0v) is 10.0. The largest absolute Gasteiger partial charge is 0.493 e. The fourth-order valence-electron chi connectivity index (χ4n) is 1.67. The number of ether oxygens (including phenoxy) is 2. The maximum Gasteiger partial charge on any atom is 0.164 e. The van der Waals surface area contributed by atoms with Crippen molar-refractivity contribution in [3.05, 3.63) is 24.0 Å². The lowest BCUT2D eigenvalue weighted by atomic mass is 10.1. The molecular weight excluding hydrogens is 204 g/mol. The van der Waals surface area contributed by atoms with E-state index >= 15 is 0 Å². The normalized spacial score (nSPS) is 11.1. The molecule has 0 fully saturated rings. The molecule has 1 aromatic heterocycles. The van der Waals surface area contributed by atoms with Gasteiger partial charge in [0.2, 0.25) is 0 Å². The van der Waals surface area contributed by atoms with Gasteiger partial charge in [0, 0.05) is 17.4 Å². The predicted octanol–water partition coefficient (Wildman–Crippen LogP) is 3.57. The van der Waals surface area contributed by atoms with Gasteiger partial charge in [-0.2, -0.15) is 0 Å². The second-order valence-electron chi connectivity index (χ2n) is 4.05. The third kappa shape index (κ3) is 1.73. The molecule has 2 rings (SSSR count). The molecule has 3 nitrogen and oxygen atoms in total. The van der Waals surface area contributed by atoms with Crippen molar-refractivity contribution in [2.45, 2.75) is 19.8 Å². The fraction of sp³-hybridized carbons (Fsp3) is 0.385. The molecule has 0 aliphatic heterocycles. The van der Waals surface area contributed by atoms with Crippen LogP contribution in [-0.4, -0.2) is 14.2 Å². The van der Waals surface area contributed by atoms with E-state index in [-0.39, 0.29) is 0 Å². The van der Waals surface area contributed by atoms with E-state index in [1.165, 1.54) is 0 Å². The monoisotopic (exact) mass is 220 g/mol. The van der Waals surface area contributed by atoms with Crippen LogP contribution >= 0.6 is 0 Å². The molecule has 0 aliphatic rings. The molecular formula is C13H16O3. The van der Waals surface area contributed by atoms with E-state index < -0.39 is 0 Å². The highest BCUT2D eigenvalue weighted by Gasteiger charge is 2.11. The number of hydrogen-bond donors (Lipinski definition) is 0. The van der Waals surface area contributed by atoms with E-state index in [4.69, 9.17) is 13.9 Å². The summed E-state index contributed by atoms with van der Waals surface area (Å²) in [6.07, 6.45) is 0. The maximum atomic E-state index is 5.74. The molecule has 1 aromatic carbocycles. The van der Waals surface area contributed by atoms with Gasteiger partial charge in [-0.3, -0.25) is 0 Å². The minimum atomic E-state index is 0.379. The van der Waals surface area contributed by atoms with Crippen LogP contribution in [0.1, 0.15) is 25.5 Å². The SMILES string of the molecule is COc1cc2cc(C(C)C)oc2cc1OC. The van der Waals surface area contributed by atoms with Gasteiger partial charge in [0.25, 0.3) is 0 Å². The maximum absolute atomic E-state index is 5.74. The summed E-state index contributed by atoms with van der Waals surface area (Å²) in [6, 6.07) is 5.84. The van der Waals surface area contributed by atoms with Crippen LogP contribution in [0.25, 0.3) is 11.0 Å². The van der Waals surface area contributed by atoms with Crippen LogP contribution in [0, 0.1) is 0 Å². The first-order valence-electron chi connectivity index (χ1n) is 5.31. The molecule has 2 aromatic rings. The number of hydrogen-bond acceptors (Lipinski definition) is 3. The Morgan fingerprint density at radius 3 is 2.19 bits per heavy atom. The smallest absolute Gasteiger partial charge is 0.164 e. The Morgan fingerprint density at radius 2 is 1.62 bits per heavy atom. The number of fused-ring (bicyclic) bond motifs is 1. The van der Waals surface area contributed by atoms with Gasteiger partial charge in [-0.1, -0.05) is 13.8 Å². The van der Waals surface area contributed by atoms with Crippen molar-refractivity contribution in [1.82, 2.24) is 0 Å². The first kappa shape index (κ1) is 10.9. The molecule has 0 saturated heterocycles. The van der Waals surface area contributed by atoms with Crippen LogP contribution in [0.5, 0.6) is 11.5 Å². The number of furan rings is 1. The molecule has 86 valence electrons. The third-order valence-corrected chi connectivity index (χ3v) is 2.61. The van der Waals surface area contributed by atoms with E-state index in [0.717, 1.165) is 22.5 Å². The Balaban J connectivity index is 2.60. The lowest BCUT2D eigenvalue weighted by Gasteiger charge is -2.06. The molecule has 0 aliphatic carbocycles. The van der Waals surface area contributed by atoms with Gasteiger partial charge in [-0.15, -0.1) is 0 Å². The highest BCUT2D eigenvalue weighted by molar-refractivity contribution is 5.82. The fourth-order valence-corrected chi connectivity index (χ4v) is 1.67. The summed E-state index contributed by atoms with van der Waals surface area (Å²) in [4.78, 5) is 0. The Labute approximate surface area is 95.0 Å². The van der Waals surface area contributed by atoms with Crippen LogP contribution in [0.4, 0.5) is 0 Å². The van der Waals surface area contributed by atoms with Gasteiger partial charge in [0.1, 0.15) is 11.3 Å². The third-order valence-electron chi connectivity index (χ3n) is 2.61. The van der Waals surface area contributed by atoms with Crippen LogP contribution in [-0.2, 0) is 0 Å². The summed E-state index contributed by atoms with van der Waals surface area (Å²) < 4.78 is 16.2. The highest BCUT2D eigenvalue weighted by Crippen LogP contribution is 2.34. The van der Waals surface area contributed by atoms with Gasteiger partial charge in [-0.25, -0.2) is 0 Å². The van der Waals surface area contributed by atoms with Crippen molar-refractivity contribution in [1.29, 1.82) is 0 Å². The summed E-state index contributed by atoms with van der Waals surface area (Å²) in [7, 11) is 3.25. The standard InChI is InChI=1S/C13H16O3/c1-8(2)10-5-9-6-12(14-3)13(15-4)7-11(9)16-10/h5-8H,1-4H3. The van der Waals surface area contributed by atoms with Gasteiger partial charge < -0.3 is 13.9 Å². The van der Waals surface area contributed by atoms with Gasteiger partial charge in [-0.05, 0) is 12.1 Å². The summed E-state index contributed by atoms with van der Waals surface area (Å²) in [5.41, 5.74) is 0.835. The molecule has 0 amide bonds. The molecule has 0 radical (unpaired) electrons. The predicted molar refractivity (Wildman–Crippen MR) is 63.4 cm³/mol. The Kier molecular flexibility index (Phi) is 2.77. The Bertz CT molecular complexity index is 456. The molecule has 16 heavy (non-hydrogen) atoms. The van der Waals surface area contributed by atoms with Crippen LogP contribution in [0.3, 0.4) is 0 Å². The van der Waals surface area contributed by atoms with Gasteiger partial charge in [0.05, 0.1) is 14.2 Å². The number of rotatable bonds is 3. The molecule has 0 bridgehead atoms. The lowest BCUT2D eigenvalue weighted by molar-refractivity contribution is 0.355. The topological polar surface area (TPSA) is 31.6 Å². The van der Waals surface area contributed by atoms with Crippen LogP contribution < -0.4 is 9.47 Å². The second kappa shape index (κ2) is 4.08. The Morgan fingerprint density at radius 1 is 1.00 bits per heavy atom. The molecule has 0 N–H and O–H groups in total. The molecule has 1 heterocycles. The average molecular weight is 220 g/mol. The summed E-state index contributed by atoms with van der Waals surface area (Å²) in [6.45, 7) is 4.21. The molecule has 0 saturated carbocycles. The van der Waals surface area contributed by atoms with Crippen LogP contribution in [0.2, 0.25) is 0 Å². The molecule has 0 unspecified atom stereocenters. The minimum Gasteiger partial charge on any atom is -0.493 e. The van der Waals surface area contributed by atoms with Crippen molar-refractivity contribution in [3.8, 4) is 11.5 Å². The second-order valence-corrected chi connectivity index (χ2v) is 4.05. The minimum absolute atomic E-state index is 0.379. The van der Waals surface area contributed by atoms with E-state index in [0.29, 0.717) is 11.7 Å². The molecule has 0 spiro atoms. The zero-order chi connectivity index (χ0) is 11.7. The van der Waals surface area contributed by atoms with Crippen molar-refractivity contribution < 1.29 is 13.9 Å². The van der Waals surface area contributed by atoms with Crippen molar-refractivity contribution >= 4 is 11.0 Å². The van der Waals surface area contributed by atoms with Crippen LogP contribution in [0.15, 0.2) is 22.6 Å². The summed E-state index contributed by atoms with van der Waals surface area (Å²) >= 11 is 0. The molecule has 0 atom stereocenters. The molecule has 3 heteroatoms. The van der Waals surface area contributed by atoms with Crippen molar-refractivity contribution in [2.24, 2.45) is 0 Å². The lowest BCUT2D eigenvalue weighted by Crippen LogP contribution is -1.89. The number of methoxy groups -OCH3 is 2. The average Bonchev–Trinajstić information content (AvgIpc) is 2.69. The first-order chi connectivity index (χ1) is 7.65. The number of benzene rings is 1. The van der Waals surface area contributed by atoms with Gasteiger partial charge >= 0.3 is 0 Å². The quantitative estimate of drug-likeness (QED) is 0.792. The first-order valence-corrected chi connectivity index (χ1v) is 5.31. The highest BCUT2D eigenvalue weighted by atomic mass is 16.5. The summed E-state index contributed by atoms with van der Waals surface area (Å²) in [5, 5.41) is 1.04. The van der Waals surface area contributed by atoms with Crippen molar-refractivity contribution in [2.75, 3.05) is 14.2 Å². The zero-order valence-electron chi connectivity index (χ0n) is 10.0. The van der Waals surface area contributed by atoms with E-state index in [1.807, 2.05) is 18.2 Å².